The Morgan fingerprint density at radius 1 is 0.897 bits per heavy atom. The number of anilines is 2. The molecule has 0 spiro atoms. The Balaban J connectivity index is 1.98. The van der Waals surface area contributed by atoms with Gasteiger partial charge in [0.05, 0.1) is 10.6 Å². The molecule has 0 fully saturated rings. The number of nitrogens with zero attached hydrogens (tertiary/aromatic N) is 1. The third kappa shape index (κ3) is 4.78. The summed E-state index contributed by atoms with van der Waals surface area (Å²) in [5.74, 6) is -0.430. The predicted octanol–water partition coefficient (Wildman–Crippen LogP) is 4.79. The lowest BCUT2D eigenvalue weighted by molar-refractivity contribution is -0.114. The third-order valence-corrected chi connectivity index (χ3v) is 6.52. The predicted molar refractivity (Wildman–Crippen MR) is 117 cm³/mol. The van der Waals surface area contributed by atoms with Crippen LogP contribution < -0.4 is 9.62 Å². The van der Waals surface area contributed by atoms with E-state index >= 15 is 0 Å². The maximum atomic E-state index is 13.4. The fourth-order valence-corrected chi connectivity index (χ4v) is 4.52. The van der Waals surface area contributed by atoms with Gasteiger partial charge in [-0.2, -0.15) is 0 Å². The van der Waals surface area contributed by atoms with Crippen molar-refractivity contribution in [1.82, 2.24) is 0 Å². The van der Waals surface area contributed by atoms with E-state index in [-0.39, 0.29) is 11.4 Å². The van der Waals surface area contributed by atoms with Crippen LogP contribution in [0, 0.1) is 13.8 Å². The van der Waals surface area contributed by atoms with Crippen LogP contribution in [0.1, 0.15) is 11.1 Å². The molecular weight excluding hydrogens is 408 g/mol. The SMILES string of the molecule is Cc1ccccc1NC(=O)CN(c1ccccc1C)S(=O)(=O)c1ccc(Cl)cc1. The monoisotopic (exact) mass is 428 g/mol. The zero-order chi connectivity index (χ0) is 21.0. The van der Waals surface area contributed by atoms with Gasteiger partial charge in [-0.05, 0) is 61.4 Å². The molecule has 0 unspecified atom stereocenters. The molecule has 7 heteroatoms. The van der Waals surface area contributed by atoms with Crippen LogP contribution >= 0.6 is 11.6 Å². The number of hydrogen-bond acceptors (Lipinski definition) is 3. The molecule has 0 aliphatic carbocycles. The normalized spacial score (nSPS) is 11.1. The molecule has 0 saturated heterocycles. The van der Waals surface area contributed by atoms with E-state index in [1.165, 1.54) is 24.3 Å². The van der Waals surface area contributed by atoms with Crippen molar-refractivity contribution >= 4 is 38.9 Å². The largest absolute Gasteiger partial charge is 0.324 e. The minimum atomic E-state index is -3.98. The first-order valence-electron chi connectivity index (χ1n) is 8.98. The van der Waals surface area contributed by atoms with Crippen molar-refractivity contribution in [3.63, 3.8) is 0 Å². The standard InChI is InChI=1S/C22H21ClN2O3S/c1-16-7-3-5-9-20(16)24-22(26)15-25(21-10-6-4-8-17(21)2)29(27,28)19-13-11-18(23)12-14-19/h3-14H,15H2,1-2H3,(H,24,26). The maximum Gasteiger partial charge on any atom is 0.264 e. The molecule has 0 bridgehead atoms. The smallest absolute Gasteiger partial charge is 0.264 e. The highest BCUT2D eigenvalue weighted by molar-refractivity contribution is 7.92. The summed E-state index contributed by atoms with van der Waals surface area (Å²) in [6.45, 7) is 3.32. The van der Waals surface area contributed by atoms with Crippen molar-refractivity contribution in [2.45, 2.75) is 18.7 Å². The fraction of sp³-hybridized carbons (Fsp3) is 0.136. The summed E-state index contributed by atoms with van der Waals surface area (Å²) in [6, 6.07) is 20.3. The molecule has 0 aromatic heterocycles. The quantitative estimate of drug-likeness (QED) is 0.613. The van der Waals surface area contributed by atoms with E-state index in [2.05, 4.69) is 5.32 Å². The first-order chi connectivity index (χ1) is 13.8. The van der Waals surface area contributed by atoms with Crippen molar-refractivity contribution in [2.75, 3.05) is 16.2 Å². The fourth-order valence-electron chi connectivity index (χ4n) is 2.91. The van der Waals surface area contributed by atoms with Gasteiger partial charge in [-0.25, -0.2) is 8.42 Å². The van der Waals surface area contributed by atoms with E-state index in [0.29, 0.717) is 16.4 Å². The second-order valence-corrected chi connectivity index (χ2v) is 8.91. The van der Waals surface area contributed by atoms with E-state index in [1.54, 1.807) is 31.2 Å². The van der Waals surface area contributed by atoms with Crippen LogP contribution in [0.5, 0.6) is 0 Å². The summed E-state index contributed by atoms with van der Waals surface area (Å²) in [4.78, 5) is 12.8. The number of carbonyl (C=O) groups is 1. The van der Waals surface area contributed by atoms with Gasteiger partial charge < -0.3 is 5.32 Å². The number of benzene rings is 3. The Morgan fingerprint density at radius 3 is 2.10 bits per heavy atom. The maximum absolute atomic E-state index is 13.4. The summed E-state index contributed by atoms with van der Waals surface area (Å²) in [6.07, 6.45) is 0. The zero-order valence-electron chi connectivity index (χ0n) is 16.1. The van der Waals surface area contributed by atoms with E-state index in [4.69, 9.17) is 11.6 Å². The van der Waals surface area contributed by atoms with Gasteiger partial charge in [0, 0.05) is 10.7 Å². The molecule has 0 saturated carbocycles. The van der Waals surface area contributed by atoms with Gasteiger partial charge in [0.15, 0.2) is 0 Å². The molecule has 5 nitrogen and oxygen atoms in total. The summed E-state index contributed by atoms with van der Waals surface area (Å²) >= 11 is 5.90. The highest BCUT2D eigenvalue weighted by atomic mass is 35.5. The van der Waals surface area contributed by atoms with Crippen molar-refractivity contribution in [1.29, 1.82) is 0 Å². The van der Waals surface area contributed by atoms with Crippen LogP contribution in [0.2, 0.25) is 5.02 Å². The average Bonchev–Trinajstić information content (AvgIpc) is 2.69. The summed E-state index contributed by atoms with van der Waals surface area (Å²) in [5.41, 5.74) is 2.73. The Bertz CT molecular complexity index is 1130. The Labute approximate surface area is 176 Å². The lowest BCUT2D eigenvalue weighted by atomic mass is 10.2. The van der Waals surface area contributed by atoms with E-state index in [9.17, 15) is 13.2 Å². The van der Waals surface area contributed by atoms with Gasteiger partial charge in [-0.3, -0.25) is 9.10 Å². The summed E-state index contributed by atoms with van der Waals surface area (Å²) < 4.78 is 27.8. The third-order valence-electron chi connectivity index (χ3n) is 4.49. The second kappa shape index (κ2) is 8.68. The molecule has 0 radical (unpaired) electrons. The van der Waals surface area contributed by atoms with E-state index in [1.807, 2.05) is 31.2 Å². The van der Waals surface area contributed by atoms with Crippen molar-refractivity contribution in [2.24, 2.45) is 0 Å². The first-order valence-corrected chi connectivity index (χ1v) is 10.8. The number of nitrogens with one attached hydrogen (secondary N) is 1. The summed E-state index contributed by atoms with van der Waals surface area (Å²) in [7, 11) is -3.98. The van der Waals surface area contributed by atoms with Crippen molar-refractivity contribution in [3.05, 3.63) is 88.9 Å². The highest BCUT2D eigenvalue weighted by Crippen LogP contribution is 2.27. The molecule has 3 aromatic carbocycles. The molecule has 150 valence electrons. The first kappa shape index (κ1) is 20.9. The average molecular weight is 429 g/mol. The number of aryl methyl sites for hydroxylation is 2. The number of para-hydroxylation sites is 2. The molecule has 3 aromatic rings. The molecule has 3 rings (SSSR count). The van der Waals surface area contributed by atoms with Crippen LogP contribution in [0.3, 0.4) is 0 Å². The lowest BCUT2D eigenvalue weighted by Crippen LogP contribution is -2.38. The molecule has 1 N–H and O–H groups in total. The number of rotatable bonds is 6. The number of halogens is 1. The molecule has 0 atom stereocenters. The van der Waals surface area contributed by atoms with Gasteiger partial charge >= 0.3 is 0 Å². The molecule has 29 heavy (non-hydrogen) atoms. The Hall–Kier alpha value is -2.83. The number of sulfonamides is 1. The van der Waals surface area contributed by atoms with Crippen LogP contribution in [-0.2, 0) is 14.8 Å². The molecule has 0 heterocycles. The topological polar surface area (TPSA) is 66.5 Å². The Morgan fingerprint density at radius 2 is 1.48 bits per heavy atom. The summed E-state index contributed by atoms with van der Waals surface area (Å²) in [5, 5.41) is 3.23. The van der Waals surface area contributed by atoms with Gasteiger partial charge in [0.25, 0.3) is 10.0 Å². The van der Waals surface area contributed by atoms with Gasteiger partial charge in [0.1, 0.15) is 6.54 Å². The number of carbonyl (C=O) groups excluding carboxylic acids is 1. The van der Waals surface area contributed by atoms with E-state index in [0.717, 1.165) is 15.4 Å². The second-order valence-electron chi connectivity index (χ2n) is 6.62. The van der Waals surface area contributed by atoms with E-state index < -0.39 is 15.9 Å². The lowest BCUT2D eigenvalue weighted by Gasteiger charge is -2.25. The van der Waals surface area contributed by atoms with Gasteiger partial charge in [-0.15, -0.1) is 0 Å². The van der Waals surface area contributed by atoms with Crippen LogP contribution in [0.15, 0.2) is 77.7 Å². The molecule has 0 aliphatic heterocycles. The minimum absolute atomic E-state index is 0.0637. The molecule has 1 amide bonds. The van der Waals surface area contributed by atoms with Crippen LogP contribution in [0.25, 0.3) is 0 Å². The van der Waals surface area contributed by atoms with Crippen molar-refractivity contribution < 1.29 is 13.2 Å². The van der Waals surface area contributed by atoms with Crippen molar-refractivity contribution in [3.8, 4) is 0 Å². The van der Waals surface area contributed by atoms with Gasteiger partial charge in [0.2, 0.25) is 5.91 Å². The molecule has 0 aliphatic rings. The number of hydrogen-bond donors (Lipinski definition) is 1. The molecular formula is C22H21ClN2O3S. The van der Waals surface area contributed by atoms with Crippen LogP contribution in [-0.4, -0.2) is 20.9 Å². The van der Waals surface area contributed by atoms with Crippen LogP contribution in [0.4, 0.5) is 11.4 Å². The van der Waals surface area contributed by atoms with Gasteiger partial charge in [-0.1, -0.05) is 48.0 Å². The Kier molecular flexibility index (Phi) is 6.25. The zero-order valence-corrected chi connectivity index (χ0v) is 17.7. The minimum Gasteiger partial charge on any atom is -0.324 e. The highest BCUT2D eigenvalue weighted by Gasteiger charge is 2.28. The number of amides is 1.